The standard InChI is InChI=1S/C21H34N4O5S/c1-24-11-4-2-3-6-15-14-21(15,20(28)23-31(29,30)16-8-9-16)22-19(27)17-7-5-12-25(17)18(26)10-13-24/h15-17H,2-14H2,1H3,(H,22,27)(H,23,28)/t15-,17+,21-/m1/s1. The summed E-state index contributed by atoms with van der Waals surface area (Å²) in [5.41, 5.74) is -1.17. The van der Waals surface area contributed by atoms with Gasteiger partial charge >= 0.3 is 0 Å². The van der Waals surface area contributed by atoms with Gasteiger partial charge in [-0.15, -0.1) is 0 Å². The van der Waals surface area contributed by atoms with Crippen molar-refractivity contribution in [1.82, 2.24) is 19.8 Å². The SMILES string of the molecule is CN1CCCCC[C@@H]2C[C@@]2(C(=O)NS(=O)(=O)C2CC2)NC(=O)[C@@H]2CCCN2C(=O)CC1. The molecule has 2 saturated carbocycles. The molecule has 0 bridgehead atoms. The number of carbonyl (C=O) groups excluding carboxylic acids is 3. The molecule has 174 valence electrons. The molecule has 4 fully saturated rings. The maximum atomic E-state index is 13.2. The first kappa shape index (κ1) is 22.5. The van der Waals surface area contributed by atoms with E-state index in [2.05, 4.69) is 14.9 Å². The van der Waals surface area contributed by atoms with Crippen LogP contribution in [0.2, 0.25) is 0 Å². The van der Waals surface area contributed by atoms with Crippen LogP contribution in [0.4, 0.5) is 0 Å². The van der Waals surface area contributed by atoms with E-state index in [9.17, 15) is 22.8 Å². The highest BCUT2D eigenvalue weighted by Crippen LogP contribution is 2.48. The molecular weight excluding hydrogens is 420 g/mol. The minimum absolute atomic E-state index is 0.0402. The lowest BCUT2D eigenvalue weighted by Gasteiger charge is -2.27. The zero-order chi connectivity index (χ0) is 22.2. The molecular formula is C21H34N4O5S. The molecule has 3 amide bonds. The van der Waals surface area contributed by atoms with E-state index < -0.39 is 32.8 Å². The quantitative estimate of drug-likeness (QED) is 0.636. The molecule has 2 aliphatic carbocycles. The Hall–Kier alpha value is -1.68. The van der Waals surface area contributed by atoms with Crippen molar-refractivity contribution in [2.45, 2.75) is 81.0 Å². The second-order valence-corrected chi connectivity index (χ2v) is 11.6. The highest BCUT2D eigenvalue weighted by molar-refractivity contribution is 7.91. The number of sulfonamides is 1. The molecule has 4 aliphatic rings. The summed E-state index contributed by atoms with van der Waals surface area (Å²) >= 11 is 0. The monoisotopic (exact) mass is 454 g/mol. The maximum Gasteiger partial charge on any atom is 0.259 e. The van der Waals surface area contributed by atoms with Crippen molar-refractivity contribution in [2.75, 3.05) is 26.7 Å². The Morgan fingerprint density at radius 3 is 2.55 bits per heavy atom. The predicted molar refractivity (Wildman–Crippen MR) is 114 cm³/mol. The summed E-state index contributed by atoms with van der Waals surface area (Å²) in [6.07, 6.45) is 6.97. The first-order valence-electron chi connectivity index (χ1n) is 11.6. The van der Waals surface area contributed by atoms with Gasteiger partial charge in [0.1, 0.15) is 11.6 Å². The molecule has 2 aliphatic heterocycles. The molecule has 2 N–H and O–H groups in total. The minimum Gasteiger partial charge on any atom is -0.340 e. The van der Waals surface area contributed by atoms with Crippen molar-refractivity contribution in [2.24, 2.45) is 5.92 Å². The van der Waals surface area contributed by atoms with Crippen molar-refractivity contribution in [1.29, 1.82) is 0 Å². The van der Waals surface area contributed by atoms with Crippen molar-refractivity contribution >= 4 is 27.7 Å². The van der Waals surface area contributed by atoms with Crippen LogP contribution in [-0.4, -0.2) is 79.5 Å². The van der Waals surface area contributed by atoms with Crippen LogP contribution >= 0.6 is 0 Å². The Morgan fingerprint density at radius 1 is 1.03 bits per heavy atom. The number of amides is 3. The number of hydrogen-bond donors (Lipinski definition) is 2. The Bertz CT molecular complexity index is 843. The summed E-state index contributed by atoms with van der Waals surface area (Å²) < 4.78 is 26.9. The van der Waals surface area contributed by atoms with E-state index in [4.69, 9.17) is 0 Å². The first-order chi connectivity index (χ1) is 14.7. The molecule has 0 unspecified atom stereocenters. The molecule has 4 rings (SSSR count). The fourth-order valence-corrected chi connectivity index (χ4v) is 6.34. The lowest BCUT2D eigenvalue weighted by Crippen LogP contribution is -2.56. The molecule has 2 heterocycles. The van der Waals surface area contributed by atoms with Gasteiger partial charge in [0.15, 0.2) is 0 Å². The Labute approximate surface area is 184 Å². The van der Waals surface area contributed by atoms with E-state index in [0.29, 0.717) is 45.2 Å². The average molecular weight is 455 g/mol. The normalized spacial score (nSPS) is 33.5. The zero-order valence-electron chi connectivity index (χ0n) is 18.3. The van der Waals surface area contributed by atoms with E-state index in [-0.39, 0.29) is 17.7 Å². The highest BCUT2D eigenvalue weighted by Gasteiger charge is 2.62. The number of fused-ring (bicyclic) bond motifs is 2. The summed E-state index contributed by atoms with van der Waals surface area (Å²) in [7, 11) is -1.67. The minimum atomic E-state index is -3.68. The van der Waals surface area contributed by atoms with Crippen LogP contribution in [0.25, 0.3) is 0 Å². The zero-order valence-corrected chi connectivity index (χ0v) is 19.1. The van der Waals surface area contributed by atoms with Gasteiger partial charge in [0.2, 0.25) is 21.8 Å². The fourth-order valence-electron chi connectivity index (χ4n) is 4.98. The predicted octanol–water partition coefficient (Wildman–Crippen LogP) is 0.357. The van der Waals surface area contributed by atoms with Gasteiger partial charge in [0.05, 0.1) is 5.25 Å². The fraction of sp³-hybridized carbons (Fsp3) is 0.857. The van der Waals surface area contributed by atoms with Crippen molar-refractivity contribution < 1.29 is 22.8 Å². The number of nitrogens with one attached hydrogen (secondary N) is 2. The van der Waals surface area contributed by atoms with Crippen molar-refractivity contribution in [3.63, 3.8) is 0 Å². The Balaban J connectivity index is 1.52. The van der Waals surface area contributed by atoms with E-state index in [0.717, 1.165) is 38.6 Å². The highest BCUT2D eigenvalue weighted by atomic mass is 32.2. The lowest BCUT2D eigenvalue weighted by molar-refractivity contribution is -0.140. The third-order valence-electron chi connectivity index (χ3n) is 7.23. The topological polar surface area (TPSA) is 116 Å². The summed E-state index contributed by atoms with van der Waals surface area (Å²) in [5, 5.41) is 2.40. The number of hydrogen-bond acceptors (Lipinski definition) is 6. The van der Waals surface area contributed by atoms with Gasteiger partial charge < -0.3 is 15.1 Å². The Kier molecular flexibility index (Phi) is 6.31. The summed E-state index contributed by atoms with van der Waals surface area (Å²) in [5.74, 6) is -1.06. The maximum absolute atomic E-state index is 13.2. The van der Waals surface area contributed by atoms with Crippen LogP contribution in [0.3, 0.4) is 0 Å². The second kappa shape index (κ2) is 8.69. The van der Waals surface area contributed by atoms with Gasteiger partial charge in [0, 0.05) is 19.5 Å². The van der Waals surface area contributed by atoms with Crippen LogP contribution in [0, 0.1) is 5.92 Å². The molecule has 0 aromatic rings. The number of rotatable bonds is 3. The molecule has 3 atom stereocenters. The number of nitrogens with zero attached hydrogens (tertiary/aromatic N) is 2. The largest absolute Gasteiger partial charge is 0.340 e. The molecule has 0 aromatic heterocycles. The third kappa shape index (κ3) is 4.89. The average Bonchev–Trinajstić information content (AvgIpc) is 3.62. The van der Waals surface area contributed by atoms with Crippen LogP contribution in [0.5, 0.6) is 0 Å². The van der Waals surface area contributed by atoms with Crippen LogP contribution in [0.1, 0.15) is 64.2 Å². The van der Waals surface area contributed by atoms with Gasteiger partial charge in [-0.05, 0) is 64.5 Å². The molecule has 0 radical (unpaired) electrons. The summed E-state index contributed by atoms with van der Waals surface area (Å²) in [6, 6.07) is -0.589. The van der Waals surface area contributed by atoms with E-state index in [1.807, 2.05) is 7.05 Å². The summed E-state index contributed by atoms with van der Waals surface area (Å²) in [4.78, 5) is 42.8. The van der Waals surface area contributed by atoms with Crippen LogP contribution in [0.15, 0.2) is 0 Å². The molecule has 0 aromatic carbocycles. The smallest absolute Gasteiger partial charge is 0.259 e. The molecule has 31 heavy (non-hydrogen) atoms. The third-order valence-corrected chi connectivity index (χ3v) is 9.05. The van der Waals surface area contributed by atoms with Gasteiger partial charge in [-0.3, -0.25) is 19.1 Å². The Morgan fingerprint density at radius 2 is 1.81 bits per heavy atom. The van der Waals surface area contributed by atoms with Gasteiger partial charge in [0.25, 0.3) is 5.91 Å². The van der Waals surface area contributed by atoms with Crippen LogP contribution < -0.4 is 10.0 Å². The molecule has 9 nitrogen and oxygen atoms in total. The van der Waals surface area contributed by atoms with Crippen molar-refractivity contribution in [3.05, 3.63) is 0 Å². The van der Waals surface area contributed by atoms with E-state index >= 15 is 0 Å². The van der Waals surface area contributed by atoms with Crippen molar-refractivity contribution in [3.8, 4) is 0 Å². The van der Waals surface area contributed by atoms with Gasteiger partial charge in [-0.2, -0.15) is 0 Å². The first-order valence-corrected chi connectivity index (χ1v) is 13.1. The van der Waals surface area contributed by atoms with Gasteiger partial charge in [-0.25, -0.2) is 8.42 Å². The van der Waals surface area contributed by atoms with Crippen LogP contribution in [-0.2, 0) is 24.4 Å². The van der Waals surface area contributed by atoms with E-state index in [1.54, 1.807) is 4.90 Å². The molecule has 2 saturated heterocycles. The lowest BCUT2D eigenvalue weighted by atomic mass is 10.1. The van der Waals surface area contributed by atoms with E-state index in [1.165, 1.54) is 0 Å². The second-order valence-electron chi connectivity index (χ2n) is 9.68. The number of carbonyl (C=O) groups is 3. The molecule has 10 heteroatoms. The molecule has 0 spiro atoms. The van der Waals surface area contributed by atoms with Gasteiger partial charge in [-0.1, -0.05) is 12.8 Å². The summed E-state index contributed by atoms with van der Waals surface area (Å²) in [6.45, 7) is 2.11.